The molecule has 0 aliphatic carbocycles. The molecule has 0 bridgehead atoms. The number of benzene rings is 1. The number of aryl methyl sites for hydroxylation is 2. The lowest BCUT2D eigenvalue weighted by molar-refractivity contribution is -0.122. The highest BCUT2D eigenvalue weighted by atomic mass is 16.5. The minimum atomic E-state index is -0.633. The molecular weight excluding hydrogens is 292 g/mol. The van der Waals surface area contributed by atoms with Crippen molar-refractivity contribution >= 4 is 11.7 Å². The maximum atomic E-state index is 12.2. The molecular formula is C18H24N2O3. The molecule has 1 unspecified atom stereocenters. The van der Waals surface area contributed by atoms with Gasteiger partial charge in [-0.15, -0.1) is 0 Å². The molecule has 0 radical (unpaired) electrons. The van der Waals surface area contributed by atoms with Crippen molar-refractivity contribution in [3.05, 3.63) is 41.2 Å². The molecule has 1 heterocycles. The Morgan fingerprint density at radius 3 is 2.48 bits per heavy atom. The third kappa shape index (κ3) is 4.34. The summed E-state index contributed by atoms with van der Waals surface area (Å²) in [6.45, 7) is 11.8. The maximum absolute atomic E-state index is 12.2. The number of amides is 1. The highest BCUT2D eigenvalue weighted by Gasteiger charge is 2.22. The Hall–Kier alpha value is -2.30. The van der Waals surface area contributed by atoms with Gasteiger partial charge in [0, 0.05) is 11.5 Å². The van der Waals surface area contributed by atoms with Gasteiger partial charge in [0.05, 0.1) is 0 Å². The second kappa shape index (κ2) is 6.44. The van der Waals surface area contributed by atoms with Gasteiger partial charge in [-0.2, -0.15) is 0 Å². The van der Waals surface area contributed by atoms with E-state index < -0.39 is 6.10 Å². The average molecular weight is 316 g/mol. The first-order valence-electron chi connectivity index (χ1n) is 7.69. The standard InChI is InChI=1S/C18H24N2O3/c1-11-7-8-14(9-12(11)2)22-13(3)17(21)19-16-10-15(23-20-16)18(4,5)6/h7-10,13H,1-6H3,(H,19,20,21). The molecule has 5 heteroatoms. The fraction of sp³-hybridized carbons (Fsp3) is 0.444. The predicted octanol–water partition coefficient (Wildman–Crippen LogP) is 3.99. The molecule has 2 rings (SSSR count). The van der Waals surface area contributed by atoms with Crippen LogP contribution in [0.15, 0.2) is 28.8 Å². The number of anilines is 1. The first kappa shape index (κ1) is 17.1. The molecule has 23 heavy (non-hydrogen) atoms. The number of ether oxygens (including phenoxy) is 1. The monoisotopic (exact) mass is 316 g/mol. The Morgan fingerprint density at radius 2 is 1.91 bits per heavy atom. The summed E-state index contributed by atoms with van der Waals surface area (Å²) < 4.78 is 10.9. The van der Waals surface area contributed by atoms with Crippen LogP contribution < -0.4 is 10.1 Å². The van der Waals surface area contributed by atoms with Crippen LogP contribution in [-0.2, 0) is 10.2 Å². The molecule has 1 aromatic carbocycles. The van der Waals surface area contributed by atoms with Crippen LogP contribution in [0.25, 0.3) is 0 Å². The maximum Gasteiger partial charge on any atom is 0.266 e. The van der Waals surface area contributed by atoms with E-state index in [1.807, 2.05) is 52.8 Å². The van der Waals surface area contributed by atoms with Gasteiger partial charge >= 0.3 is 0 Å². The molecule has 0 saturated heterocycles. The highest BCUT2D eigenvalue weighted by Crippen LogP contribution is 2.24. The van der Waals surface area contributed by atoms with Gasteiger partial charge in [-0.05, 0) is 44.0 Å². The molecule has 0 aliphatic heterocycles. The Balaban J connectivity index is 1.99. The van der Waals surface area contributed by atoms with Gasteiger partial charge in [0.15, 0.2) is 11.9 Å². The van der Waals surface area contributed by atoms with Crippen LogP contribution in [0.3, 0.4) is 0 Å². The van der Waals surface area contributed by atoms with Crippen molar-refractivity contribution in [1.82, 2.24) is 5.16 Å². The van der Waals surface area contributed by atoms with Gasteiger partial charge in [-0.25, -0.2) is 0 Å². The van der Waals surface area contributed by atoms with Crippen LogP contribution >= 0.6 is 0 Å². The van der Waals surface area contributed by atoms with Crippen molar-refractivity contribution in [1.29, 1.82) is 0 Å². The Bertz CT molecular complexity index is 699. The molecule has 1 aromatic heterocycles. The average Bonchev–Trinajstić information content (AvgIpc) is 2.91. The van der Waals surface area contributed by atoms with E-state index in [1.165, 1.54) is 5.56 Å². The number of nitrogens with zero attached hydrogens (tertiary/aromatic N) is 1. The second-order valence-corrected chi connectivity index (χ2v) is 6.82. The topological polar surface area (TPSA) is 64.4 Å². The number of aromatic nitrogens is 1. The van der Waals surface area contributed by atoms with E-state index in [9.17, 15) is 4.79 Å². The summed E-state index contributed by atoms with van der Waals surface area (Å²) in [6.07, 6.45) is -0.633. The van der Waals surface area contributed by atoms with Gasteiger partial charge in [0.1, 0.15) is 11.5 Å². The van der Waals surface area contributed by atoms with Crippen LogP contribution in [0.1, 0.15) is 44.6 Å². The van der Waals surface area contributed by atoms with Crippen LogP contribution in [0, 0.1) is 13.8 Å². The fourth-order valence-electron chi connectivity index (χ4n) is 1.96. The largest absolute Gasteiger partial charge is 0.481 e. The van der Waals surface area contributed by atoms with Crippen molar-refractivity contribution in [2.45, 2.75) is 53.1 Å². The molecule has 0 fully saturated rings. The minimum Gasteiger partial charge on any atom is -0.481 e. The van der Waals surface area contributed by atoms with Crippen LogP contribution in [0.2, 0.25) is 0 Å². The fourth-order valence-corrected chi connectivity index (χ4v) is 1.96. The number of hydrogen-bond acceptors (Lipinski definition) is 4. The van der Waals surface area contributed by atoms with Gasteiger partial charge in [0.25, 0.3) is 5.91 Å². The molecule has 5 nitrogen and oxygen atoms in total. The lowest BCUT2D eigenvalue weighted by atomic mass is 9.93. The van der Waals surface area contributed by atoms with Crippen molar-refractivity contribution in [2.75, 3.05) is 5.32 Å². The normalized spacial score (nSPS) is 12.8. The van der Waals surface area contributed by atoms with E-state index in [0.717, 1.165) is 11.3 Å². The summed E-state index contributed by atoms with van der Waals surface area (Å²) in [7, 11) is 0. The van der Waals surface area contributed by atoms with E-state index in [2.05, 4.69) is 10.5 Å². The zero-order chi connectivity index (χ0) is 17.2. The minimum absolute atomic E-state index is 0.155. The Morgan fingerprint density at radius 1 is 1.22 bits per heavy atom. The molecule has 1 N–H and O–H groups in total. The number of nitrogens with one attached hydrogen (secondary N) is 1. The summed E-state index contributed by atoms with van der Waals surface area (Å²) in [5.41, 5.74) is 2.16. The third-order valence-electron chi connectivity index (χ3n) is 3.66. The van der Waals surface area contributed by atoms with Crippen LogP contribution in [-0.4, -0.2) is 17.2 Å². The van der Waals surface area contributed by atoms with Gasteiger partial charge < -0.3 is 14.6 Å². The van der Waals surface area contributed by atoms with E-state index >= 15 is 0 Å². The lowest BCUT2D eigenvalue weighted by Crippen LogP contribution is -2.30. The van der Waals surface area contributed by atoms with E-state index in [0.29, 0.717) is 11.6 Å². The zero-order valence-electron chi connectivity index (χ0n) is 14.6. The summed E-state index contributed by atoms with van der Waals surface area (Å²) in [5, 5.41) is 6.59. The first-order valence-corrected chi connectivity index (χ1v) is 7.69. The molecule has 1 amide bonds. The van der Waals surface area contributed by atoms with Gasteiger partial charge in [-0.1, -0.05) is 32.0 Å². The molecule has 2 aromatic rings. The molecule has 0 spiro atoms. The molecule has 0 saturated carbocycles. The second-order valence-electron chi connectivity index (χ2n) is 6.82. The quantitative estimate of drug-likeness (QED) is 0.926. The van der Waals surface area contributed by atoms with Crippen molar-refractivity contribution in [3.8, 4) is 5.75 Å². The number of rotatable bonds is 4. The van der Waals surface area contributed by atoms with Gasteiger partial charge in [0.2, 0.25) is 0 Å². The highest BCUT2D eigenvalue weighted by molar-refractivity contribution is 5.93. The molecule has 0 aliphatic rings. The summed E-state index contributed by atoms with van der Waals surface area (Å²) in [5.74, 6) is 1.52. The Labute approximate surface area is 137 Å². The van der Waals surface area contributed by atoms with E-state index in [4.69, 9.17) is 9.26 Å². The SMILES string of the molecule is Cc1ccc(OC(C)C(=O)Nc2cc(C(C)(C)C)on2)cc1C. The number of carbonyl (C=O) groups excluding carboxylic acids is 1. The third-order valence-corrected chi connectivity index (χ3v) is 3.66. The van der Waals surface area contributed by atoms with Crippen molar-refractivity contribution in [3.63, 3.8) is 0 Å². The molecule has 124 valence electrons. The predicted molar refractivity (Wildman–Crippen MR) is 89.8 cm³/mol. The summed E-state index contributed by atoms with van der Waals surface area (Å²) in [4.78, 5) is 12.2. The summed E-state index contributed by atoms with van der Waals surface area (Å²) >= 11 is 0. The zero-order valence-corrected chi connectivity index (χ0v) is 14.6. The van der Waals surface area contributed by atoms with E-state index in [-0.39, 0.29) is 11.3 Å². The summed E-state index contributed by atoms with van der Waals surface area (Å²) in [6, 6.07) is 7.50. The number of carbonyl (C=O) groups is 1. The first-order chi connectivity index (χ1) is 10.7. The lowest BCUT2D eigenvalue weighted by Gasteiger charge is -2.14. The van der Waals surface area contributed by atoms with Crippen LogP contribution in [0.5, 0.6) is 5.75 Å². The van der Waals surface area contributed by atoms with Crippen molar-refractivity contribution < 1.29 is 14.1 Å². The van der Waals surface area contributed by atoms with Crippen molar-refractivity contribution in [2.24, 2.45) is 0 Å². The van der Waals surface area contributed by atoms with Crippen LogP contribution in [0.4, 0.5) is 5.82 Å². The Kier molecular flexibility index (Phi) is 4.78. The van der Waals surface area contributed by atoms with Gasteiger partial charge in [-0.3, -0.25) is 4.79 Å². The smallest absolute Gasteiger partial charge is 0.266 e. The van der Waals surface area contributed by atoms with E-state index in [1.54, 1.807) is 13.0 Å². The number of hydrogen-bond donors (Lipinski definition) is 1. The molecule has 1 atom stereocenters.